The van der Waals surface area contributed by atoms with Gasteiger partial charge < -0.3 is 10.1 Å². The number of hydrogen-bond acceptors (Lipinski definition) is 5. The van der Waals surface area contributed by atoms with E-state index >= 15 is 0 Å². The van der Waals surface area contributed by atoms with Gasteiger partial charge in [-0.3, -0.25) is 4.98 Å². The van der Waals surface area contributed by atoms with E-state index < -0.39 is 0 Å². The van der Waals surface area contributed by atoms with E-state index in [-0.39, 0.29) is 0 Å². The second-order valence-corrected chi connectivity index (χ2v) is 5.25. The fraction of sp³-hybridized carbons (Fsp3) is 0.429. The molecule has 4 nitrogen and oxygen atoms in total. The van der Waals surface area contributed by atoms with Crippen molar-refractivity contribution in [2.75, 3.05) is 7.05 Å². The van der Waals surface area contributed by atoms with Gasteiger partial charge >= 0.3 is 0 Å². The topological polar surface area (TPSA) is 47.0 Å². The lowest BCUT2D eigenvalue weighted by atomic mass is 10.3. The Labute approximate surface area is 117 Å². The van der Waals surface area contributed by atoms with E-state index in [1.165, 1.54) is 0 Å². The van der Waals surface area contributed by atoms with Gasteiger partial charge in [0.2, 0.25) is 0 Å². The molecule has 5 heteroatoms. The lowest BCUT2D eigenvalue weighted by molar-refractivity contribution is 0.296. The van der Waals surface area contributed by atoms with Gasteiger partial charge in [0.1, 0.15) is 12.4 Å². The summed E-state index contributed by atoms with van der Waals surface area (Å²) in [5.74, 6) is 0.825. The Morgan fingerprint density at radius 1 is 1.32 bits per heavy atom. The summed E-state index contributed by atoms with van der Waals surface area (Å²) in [4.78, 5) is 8.99. The average Bonchev–Trinajstić information content (AvgIpc) is 2.86. The zero-order valence-electron chi connectivity index (χ0n) is 11.6. The number of nitrogens with zero attached hydrogens (tertiary/aromatic N) is 2. The number of nitrogens with one attached hydrogen (secondary N) is 1. The van der Waals surface area contributed by atoms with Crippen LogP contribution in [0.3, 0.4) is 0 Å². The largest absolute Gasteiger partial charge is 0.485 e. The summed E-state index contributed by atoms with van der Waals surface area (Å²) >= 11 is 1.68. The predicted molar refractivity (Wildman–Crippen MR) is 77.6 cm³/mol. The summed E-state index contributed by atoms with van der Waals surface area (Å²) in [6.45, 7) is 5.29. The Kier molecular flexibility index (Phi) is 4.87. The second kappa shape index (κ2) is 6.63. The highest BCUT2D eigenvalue weighted by atomic mass is 32.1. The van der Waals surface area contributed by atoms with E-state index in [1.807, 2.05) is 26.1 Å². The van der Waals surface area contributed by atoms with Gasteiger partial charge in [0, 0.05) is 17.6 Å². The quantitative estimate of drug-likeness (QED) is 0.882. The van der Waals surface area contributed by atoms with Crippen molar-refractivity contribution in [3.63, 3.8) is 0 Å². The molecule has 1 N–H and O–H groups in total. The van der Waals surface area contributed by atoms with Crippen molar-refractivity contribution in [2.24, 2.45) is 0 Å². The fourth-order valence-corrected chi connectivity index (χ4v) is 2.48. The molecule has 0 saturated carbocycles. The van der Waals surface area contributed by atoms with Crippen LogP contribution in [0.25, 0.3) is 0 Å². The molecule has 2 rings (SSSR count). The summed E-state index contributed by atoms with van der Waals surface area (Å²) in [6.07, 6.45) is 0.974. The summed E-state index contributed by atoms with van der Waals surface area (Å²) in [7, 11) is 1.90. The lowest BCUT2D eigenvalue weighted by Crippen LogP contribution is -2.10. The van der Waals surface area contributed by atoms with Crippen LogP contribution in [0, 0.1) is 6.92 Å². The predicted octanol–water partition coefficient (Wildman–Crippen LogP) is 2.71. The zero-order chi connectivity index (χ0) is 13.7. The maximum absolute atomic E-state index is 5.83. The van der Waals surface area contributed by atoms with Gasteiger partial charge in [0.15, 0.2) is 0 Å². The van der Waals surface area contributed by atoms with Gasteiger partial charge in [-0.1, -0.05) is 6.92 Å². The van der Waals surface area contributed by atoms with E-state index in [9.17, 15) is 0 Å². The van der Waals surface area contributed by atoms with Crippen LogP contribution in [0.4, 0.5) is 0 Å². The normalized spacial score (nSPS) is 10.7. The molecule has 2 aromatic heterocycles. The molecule has 0 atom stereocenters. The molecule has 0 unspecified atom stereocenters. The molecular weight excluding hydrogens is 258 g/mol. The van der Waals surface area contributed by atoms with Crippen LogP contribution >= 0.6 is 11.3 Å². The van der Waals surface area contributed by atoms with Gasteiger partial charge in [-0.15, -0.1) is 11.3 Å². The highest BCUT2D eigenvalue weighted by Crippen LogP contribution is 2.19. The van der Waals surface area contributed by atoms with Crippen molar-refractivity contribution >= 4 is 11.3 Å². The molecule has 0 radical (unpaired) electrons. The molecule has 102 valence electrons. The first-order valence-electron chi connectivity index (χ1n) is 6.40. The molecule has 0 bridgehead atoms. The van der Waals surface area contributed by atoms with Crippen LogP contribution in [-0.4, -0.2) is 17.0 Å². The summed E-state index contributed by atoms with van der Waals surface area (Å²) in [6, 6.07) is 3.94. The van der Waals surface area contributed by atoms with Gasteiger partial charge in [0.05, 0.1) is 16.4 Å². The number of thiazole rings is 1. The molecule has 0 aliphatic rings. The van der Waals surface area contributed by atoms with Crippen molar-refractivity contribution in [1.82, 2.24) is 15.3 Å². The molecule has 0 spiro atoms. The number of hydrogen-bond donors (Lipinski definition) is 1. The Morgan fingerprint density at radius 3 is 2.84 bits per heavy atom. The minimum Gasteiger partial charge on any atom is -0.485 e. The molecule has 0 saturated heterocycles. The minimum atomic E-state index is 0.498. The molecule has 0 aliphatic heterocycles. The molecule has 19 heavy (non-hydrogen) atoms. The number of ether oxygens (including phenoxy) is 1. The van der Waals surface area contributed by atoms with Crippen molar-refractivity contribution < 1.29 is 4.74 Å². The third kappa shape index (κ3) is 3.75. The van der Waals surface area contributed by atoms with Gasteiger partial charge in [-0.05, 0) is 32.5 Å². The van der Waals surface area contributed by atoms with E-state index in [1.54, 1.807) is 11.3 Å². The van der Waals surface area contributed by atoms with E-state index in [0.717, 1.165) is 34.3 Å². The van der Waals surface area contributed by atoms with E-state index in [0.29, 0.717) is 13.2 Å². The van der Waals surface area contributed by atoms with Gasteiger partial charge in [0.25, 0.3) is 0 Å². The average molecular weight is 277 g/mol. The number of aryl methyl sites for hydroxylation is 2. The molecule has 0 aromatic carbocycles. The monoisotopic (exact) mass is 277 g/mol. The van der Waals surface area contributed by atoms with Crippen LogP contribution in [-0.2, 0) is 19.6 Å². The molecule has 2 heterocycles. The lowest BCUT2D eigenvalue weighted by Gasteiger charge is -2.10. The van der Waals surface area contributed by atoms with Gasteiger partial charge in [-0.2, -0.15) is 0 Å². The van der Waals surface area contributed by atoms with Crippen LogP contribution in [0.5, 0.6) is 5.75 Å². The molecule has 2 aromatic rings. The van der Waals surface area contributed by atoms with Crippen LogP contribution in [0.2, 0.25) is 0 Å². The van der Waals surface area contributed by atoms with Crippen LogP contribution in [0.1, 0.15) is 29.0 Å². The van der Waals surface area contributed by atoms with Crippen molar-refractivity contribution in [3.8, 4) is 5.75 Å². The van der Waals surface area contributed by atoms with Crippen LogP contribution < -0.4 is 10.1 Å². The standard InChI is InChI=1S/C14H19N3OS/c1-4-14-17-11(9-19-14)8-18-13-6-5-10(2)16-12(13)7-15-3/h5-6,9,15H,4,7-8H2,1-3H3. The number of pyridine rings is 1. The maximum atomic E-state index is 5.83. The Hall–Kier alpha value is -1.46. The zero-order valence-corrected chi connectivity index (χ0v) is 12.4. The summed E-state index contributed by atoms with van der Waals surface area (Å²) in [5.41, 5.74) is 2.92. The third-order valence-corrected chi connectivity index (χ3v) is 3.74. The Morgan fingerprint density at radius 2 is 2.16 bits per heavy atom. The van der Waals surface area contributed by atoms with Crippen LogP contribution in [0.15, 0.2) is 17.5 Å². The maximum Gasteiger partial charge on any atom is 0.142 e. The van der Waals surface area contributed by atoms with Crippen molar-refractivity contribution in [2.45, 2.75) is 33.4 Å². The number of aromatic nitrogens is 2. The fourth-order valence-electron chi connectivity index (χ4n) is 1.75. The smallest absolute Gasteiger partial charge is 0.142 e. The Bertz CT molecular complexity index is 539. The van der Waals surface area contributed by atoms with E-state index in [4.69, 9.17) is 4.74 Å². The van der Waals surface area contributed by atoms with E-state index in [2.05, 4.69) is 27.6 Å². The first kappa shape index (κ1) is 14.0. The van der Waals surface area contributed by atoms with Gasteiger partial charge in [-0.25, -0.2) is 4.98 Å². The number of rotatable bonds is 6. The molecule has 0 amide bonds. The SMILES string of the molecule is CCc1nc(COc2ccc(C)nc2CNC)cs1. The third-order valence-electron chi connectivity index (χ3n) is 2.69. The first-order valence-corrected chi connectivity index (χ1v) is 7.28. The Balaban J connectivity index is 2.05. The molecular formula is C14H19N3OS. The second-order valence-electron chi connectivity index (χ2n) is 4.30. The molecule has 0 aliphatic carbocycles. The summed E-state index contributed by atoms with van der Waals surface area (Å²) < 4.78 is 5.83. The van der Waals surface area contributed by atoms with Crippen molar-refractivity contribution in [3.05, 3.63) is 39.6 Å². The van der Waals surface area contributed by atoms with Crippen molar-refractivity contribution in [1.29, 1.82) is 0 Å². The highest BCUT2D eigenvalue weighted by molar-refractivity contribution is 7.09. The molecule has 0 fully saturated rings. The minimum absolute atomic E-state index is 0.498. The highest BCUT2D eigenvalue weighted by Gasteiger charge is 2.07. The summed E-state index contributed by atoms with van der Waals surface area (Å²) in [5, 5.41) is 6.31. The first-order chi connectivity index (χ1) is 9.22.